The van der Waals surface area contributed by atoms with Crippen LogP contribution in [0.2, 0.25) is 10.0 Å². The van der Waals surface area contributed by atoms with E-state index in [4.69, 9.17) is 32.7 Å². The first kappa shape index (κ1) is 20.6. The Hall–Kier alpha value is -3.15. The van der Waals surface area contributed by atoms with Crippen molar-refractivity contribution in [3.05, 3.63) is 93.5 Å². The number of halogens is 2. The number of ketones is 1. The molecule has 3 aromatic rings. The maximum absolute atomic E-state index is 12.5. The molecular weight excluding hydrogens is 415 g/mol. The molecule has 0 aromatic heterocycles. The lowest BCUT2D eigenvalue weighted by atomic mass is 10.1. The van der Waals surface area contributed by atoms with Crippen molar-refractivity contribution in [3.63, 3.8) is 0 Å². The minimum atomic E-state index is -0.743. The average molecular weight is 429 g/mol. The van der Waals surface area contributed by atoms with E-state index in [2.05, 4.69) is 0 Å². The molecule has 29 heavy (non-hydrogen) atoms. The van der Waals surface area contributed by atoms with Gasteiger partial charge in [-0.1, -0.05) is 53.5 Å². The van der Waals surface area contributed by atoms with Crippen LogP contribution in [0.5, 0.6) is 11.5 Å². The Balaban J connectivity index is 1.93. The van der Waals surface area contributed by atoms with Gasteiger partial charge in [0.25, 0.3) is 0 Å². The Labute approximate surface area is 176 Å². The minimum absolute atomic E-state index is 0.0479. The molecule has 0 atom stereocenters. The third-order valence-electron chi connectivity index (χ3n) is 3.93. The van der Waals surface area contributed by atoms with Crippen LogP contribution in [-0.2, 0) is 0 Å². The molecule has 7 heteroatoms. The number of esters is 2. The monoisotopic (exact) mass is 428 g/mol. The van der Waals surface area contributed by atoms with Crippen molar-refractivity contribution in [3.8, 4) is 11.5 Å². The predicted octanol–water partition coefficient (Wildman–Crippen LogP) is 5.63. The van der Waals surface area contributed by atoms with Gasteiger partial charge in [-0.15, -0.1) is 0 Å². The second-order valence-corrected chi connectivity index (χ2v) is 6.74. The summed E-state index contributed by atoms with van der Waals surface area (Å²) in [5.74, 6) is -2.03. The van der Waals surface area contributed by atoms with Crippen molar-refractivity contribution >= 4 is 40.9 Å². The summed E-state index contributed by atoms with van der Waals surface area (Å²) in [5.41, 5.74) is 0.234. The fourth-order valence-electron chi connectivity index (χ4n) is 2.59. The van der Waals surface area contributed by atoms with Crippen LogP contribution in [-0.4, -0.2) is 17.7 Å². The zero-order valence-corrected chi connectivity index (χ0v) is 16.7. The smallest absolute Gasteiger partial charge is 0.345 e. The van der Waals surface area contributed by atoms with Crippen molar-refractivity contribution in [1.29, 1.82) is 0 Å². The van der Waals surface area contributed by atoms with Gasteiger partial charge in [-0.05, 0) is 43.3 Å². The van der Waals surface area contributed by atoms with Gasteiger partial charge < -0.3 is 9.47 Å². The number of rotatable bonds is 5. The van der Waals surface area contributed by atoms with E-state index in [0.29, 0.717) is 0 Å². The summed E-state index contributed by atoms with van der Waals surface area (Å²) in [7, 11) is 0. The number of carbonyl (C=O) groups excluding carboxylic acids is 3. The summed E-state index contributed by atoms with van der Waals surface area (Å²) in [6.07, 6.45) is 0. The van der Waals surface area contributed by atoms with Crippen molar-refractivity contribution in [2.24, 2.45) is 0 Å². The van der Waals surface area contributed by atoms with Crippen LogP contribution in [0.4, 0.5) is 0 Å². The van der Waals surface area contributed by atoms with E-state index in [9.17, 15) is 14.4 Å². The molecule has 0 heterocycles. The van der Waals surface area contributed by atoms with E-state index in [0.717, 1.165) is 0 Å². The molecule has 0 saturated carbocycles. The number of hydrogen-bond donors (Lipinski definition) is 0. The Morgan fingerprint density at radius 2 is 1.07 bits per heavy atom. The zero-order chi connectivity index (χ0) is 21.0. The molecule has 0 aliphatic heterocycles. The summed E-state index contributed by atoms with van der Waals surface area (Å²) >= 11 is 12.0. The lowest BCUT2D eigenvalue weighted by Gasteiger charge is -2.13. The van der Waals surface area contributed by atoms with Gasteiger partial charge in [0.1, 0.15) is 17.1 Å². The first-order valence-electron chi connectivity index (χ1n) is 8.46. The molecule has 0 fully saturated rings. The van der Waals surface area contributed by atoms with Crippen LogP contribution in [0, 0.1) is 0 Å². The molecular formula is C22H14Cl2O5. The lowest BCUT2D eigenvalue weighted by molar-refractivity contribution is 0.0729. The quantitative estimate of drug-likeness (QED) is 0.299. The molecule has 0 amide bonds. The molecule has 0 aliphatic carbocycles. The largest absolute Gasteiger partial charge is 0.422 e. The predicted molar refractivity (Wildman–Crippen MR) is 109 cm³/mol. The number of hydrogen-bond acceptors (Lipinski definition) is 5. The fourth-order valence-corrected chi connectivity index (χ4v) is 3.02. The Morgan fingerprint density at radius 1 is 0.655 bits per heavy atom. The summed E-state index contributed by atoms with van der Waals surface area (Å²) in [6.45, 7) is 1.27. The van der Waals surface area contributed by atoms with Gasteiger partial charge in [0, 0.05) is 0 Å². The Morgan fingerprint density at radius 3 is 1.45 bits per heavy atom. The SMILES string of the molecule is CC(=O)c1c(OC(=O)c2ccccc2Cl)cccc1OC(=O)c1ccccc1Cl. The van der Waals surface area contributed by atoms with Gasteiger partial charge >= 0.3 is 11.9 Å². The van der Waals surface area contributed by atoms with Gasteiger partial charge in [-0.3, -0.25) is 4.79 Å². The Kier molecular flexibility index (Phi) is 6.32. The third-order valence-corrected chi connectivity index (χ3v) is 4.59. The first-order valence-corrected chi connectivity index (χ1v) is 9.21. The number of Topliss-reactive ketones (excluding diaryl/α,β-unsaturated/α-hetero) is 1. The van der Waals surface area contributed by atoms with Crippen LogP contribution < -0.4 is 9.47 Å². The molecule has 0 radical (unpaired) electrons. The van der Waals surface area contributed by atoms with Crippen LogP contribution >= 0.6 is 23.2 Å². The van der Waals surface area contributed by atoms with Crippen LogP contribution in [0.25, 0.3) is 0 Å². The summed E-state index contributed by atoms with van der Waals surface area (Å²) in [5, 5.41) is 0.423. The van der Waals surface area contributed by atoms with Crippen LogP contribution in [0.1, 0.15) is 38.0 Å². The zero-order valence-electron chi connectivity index (χ0n) is 15.1. The molecule has 0 spiro atoms. The van der Waals surface area contributed by atoms with Gasteiger partial charge in [0.15, 0.2) is 5.78 Å². The third kappa shape index (κ3) is 4.65. The molecule has 5 nitrogen and oxygen atoms in total. The van der Waals surface area contributed by atoms with Crippen molar-refractivity contribution in [2.45, 2.75) is 6.92 Å². The minimum Gasteiger partial charge on any atom is -0.422 e. The Bertz CT molecular complexity index is 1030. The number of benzene rings is 3. The standard InChI is InChI=1S/C22H14Cl2O5/c1-13(25)20-18(28-21(26)14-7-2-4-9-16(14)23)11-6-12-19(20)29-22(27)15-8-3-5-10-17(15)24/h2-12H,1H3. The molecule has 3 rings (SSSR count). The van der Waals surface area contributed by atoms with E-state index in [1.807, 2.05) is 0 Å². The average Bonchev–Trinajstić information content (AvgIpc) is 2.68. The second-order valence-electron chi connectivity index (χ2n) is 5.92. The molecule has 0 aliphatic rings. The summed E-state index contributed by atoms with van der Waals surface area (Å²) in [6, 6.07) is 17.1. The summed E-state index contributed by atoms with van der Waals surface area (Å²) in [4.78, 5) is 37.2. The van der Waals surface area contributed by atoms with Gasteiger partial charge in [0.2, 0.25) is 0 Å². The topological polar surface area (TPSA) is 69.7 Å². The molecule has 0 bridgehead atoms. The number of ether oxygens (including phenoxy) is 2. The van der Waals surface area contributed by atoms with E-state index in [1.54, 1.807) is 36.4 Å². The molecule has 0 N–H and O–H groups in total. The van der Waals surface area contributed by atoms with Gasteiger partial charge in [0.05, 0.1) is 21.2 Å². The van der Waals surface area contributed by atoms with E-state index >= 15 is 0 Å². The second kappa shape index (κ2) is 8.90. The van der Waals surface area contributed by atoms with Gasteiger partial charge in [-0.25, -0.2) is 9.59 Å². The van der Waals surface area contributed by atoms with E-state index in [1.165, 1.54) is 37.3 Å². The summed E-state index contributed by atoms with van der Waals surface area (Å²) < 4.78 is 10.7. The highest BCUT2D eigenvalue weighted by atomic mass is 35.5. The van der Waals surface area contributed by atoms with E-state index in [-0.39, 0.29) is 38.2 Å². The van der Waals surface area contributed by atoms with Crippen molar-refractivity contribution < 1.29 is 23.9 Å². The highest BCUT2D eigenvalue weighted by Gasteiger charge is 2.22. The highest BCUT2D eigenvalue weighted by Crippen LogP contribution is 2.31. The van der Waals surface area contributed by atoms with Crippen LogP contribution in [0.3, 0.4) is 0 Å². The maximum Gasteiger partial charge on any atom is 0.345 e. The van der Waals surface area contributed by atoms with Crippen molar-refractivity contribution in [2.75, 3.05) is 0 Å². The first-order chi connectivity index (χ1) is 13.9. The molecule has 146 valence electrons. The molecule has 3 aromatic carbocycles. The fraction of sp³-hybridized carbons (Fsp3) is 0.0455. The van der Waals surface area contributed by atoms with Crippen LogP contribution in [0.15, 0.2) is 66.7 Å². The van der Waals surface area contributed by atoms with Gasteiger partial charge in [-0.2, -0.15) is 0 Å². The highest BCUT2D eigenvalue weighted by molar-refractivity contribution is 6.34. The number of carbonyl (C=O) groups is 3. The normalized spacial score (nSPS) is 10.3. The molecule has 0 saturated heterocycles. The molecule has 0 unspecified atom stereocenters. The van der Waals surface area contributed by atoms with Crippen molar-refractivity contribution in [1.82, 2.24) is 0 Å². The van der Waals surface area contributed by atoms with E-state index < -0.39 is 17.7 Å². The maximum atomic E-state index is 12.5. The lowest BCUT2D eigenvalue weighted by Crippen LogP contribution is -2.14.